The van der Waals surface area contributed by atoms with Crippen molar-refractivity contribution in [2.75, 3.05) is 7.11 Å². The van der Waals surface area contributed by atoms with Crippen molar-refractivity contribution < 1.29 is 14.3 Å². The highest BCUT2D eigenvalue weighted by atomic mass is 28.4. The molecule has 5 rings (SSSR count). The third kappa shape index (κ3) is 5.28. The van der Waals surface area contributed by atoms with E-state index in [-0.39, 0.29) is 11.6 Å². The number of allylic oxidation sites excluding steroid dienone is 1. The Balaban J connectivity index is 1.71. The molecule has 4 aromatic rings. The van der Waals surface area contributed by atoms with Gasteiger partial charge in [0.2, 0.25) is 8.32 Å². The Morgan fingerprint density at radius 1 is 0.974 bits per heavy atom. The second kappa shape index (κ2) is 10.3. The molecule has 6 heteroatoms. The van der Waals surface area contributed by atoms with Crippen LogP contribution in [0.3, 0.4) is 0 Å². The van der Waals surface area contributed by atoms with Crippen LogP contribution in [-0.4, -0.2) is 29.9 Å². The van der Waals surface area contributed by atoms with E-state index >= 15 is 0 Å². The standard InChI is InChI=1S/C33H40N2O3Si/c1-22-17-26(37-5)11-13-28(22)30-10-8-9-23-18-27(38-39(6,7)33(2,3)4)12-14-29(23)32(30)24-15-16-35-20-25(21-36)34-31(35)19-24/h11-20,36H,8-10,21H2,1-7H3. The van der Waals surface area contributed by atoms with Gasteiger partial charge in [0.05, 0.1) is 19.4 Å². The number of aromatic nitrogens is 2. The Labute approximate surface area is 233 Å². The zero-order chi connectivity index (χ0) is 27.9. The number of nitrogens with zero attached hydrogens (tertiary/aromatic N) is 2. The molecule has 2 aromatic carbocycles. The van der Waals surface area contributed by atoms with Crippen LogP contribution in [-0.2, 0) is 13.0 Å². The fraction of sp³-hybridized carbons (Fsp3) is 0.364. The summed E-state index contributed by atoms with van der Waals surface area (Å²) in [6.45, 7) is 13.5. The molecular weight excluding hydrogens is 500 g/mol. The molecule has 204 valence electrons. The lowest BCUT2D eigenvalue weighted by Gasteiger charge is -2.36. The summed E-state index contributed by atoms with van der Waals surface area (Å²) in [5.74, 6) is 1.84. The largest absolute Gasteiger partial charge is 0.543 e. The van der Waals surface area contributed by atoms with Crippen LogP contribution in [0.4, 0.5) is 0 Å². The minimum absolute atomic E-state index is 0.0736. The third-order valence-corrected chi connectivity index (χ3v) is 12.8. The summed E-state index contributed by atoms with van der Waals surface area (Å²) in [6.07, 6.45) is 6.94. The summed E-state index contributed by atoms with van der Waals surface area (Å²) in [7, 11) is -0.241. The minimum atomic E-state index is -1.95. The molecule has 0 aliphatic heterocycles. The first kappa shape index (κ1) is 27.2. The van der Waals surface area contributed by atoms with Crippen LogP contribution in [0, 0.1) is 6.92 Å². The highest BCUT2D eigenvalue weighted by Gasteiger charge is 2.39. The van der Waals surface area contributed by atoms with Crippen molar-refractivity contribution in [2.24, 2.45) is 0 Å². The number of pyridine rings is 1. The topological polar surface area (TPSA) is 56.0 Å². The summed E-state index contributed by atoms with van der Waals surface area (Å²) >= 11 is 0. The normalized spacial score (nSPS) is 14.4. The van der Waals surface area contributed by atoms with E-state index in [4.69, 9.17) is 9.16 Å². The first-order valence-corrected chi connectivity index (χ1v) is 16.7. The molecule has 0 unspecified atom stereocenters. The van der Waals surface area contributed by atoms with Gasteiger partial charge in [0.1, 0.15) is 17.1 Å². The van der Waals surface area contributed by atoms with Gasteiger partial charge in [0.15, 0.2) is 0 Å². The van der Waals surface area contributed by atoms with E-state index in [0.717, 1.165) is 42.0 Å². The quantitative estimate of drug-likeness (QED) is 0.253. The van der Waals surface area contributed by atoms with Crippen LogP contribution < -0.4 is 9.16 Å². The van der Waals surface area contributed by atoms with E-state index in [0.29, 0.717) is 5.69 Å². The van der Waals surface area contributed by atoms with Crippen LogP contribution in [0.2, 0.25) is 18.1 Å². The number of hydrogen-bond acceptors (Lipinski definition) is 4. The van der Waals surface area contributed by atoms with Crippen LogP contribution in [0.25, 0.3) is 16.8 Å². The van der Waals surface area contributed by atoms with E-state index in [1.807, 2.05) is 16.8 Å². The number of methoxy groups -OCH3 is 1. The lowest BCUT2D eigenvalue weighted by Crippen LogP contribution is -2.43. The average Bonchev–Trinajstić information content (AvgIpc) is 3.21. The van der Waals surface area contributed by atoms with Crippen molar-refractivity contribution in [3.05, 3.63) is 94.4 Å². The lowest BCUT2D eigenvalue weighted by atomic mass is 9.86. The van der Waals surface area contributed by atoms with E-state index in [1.165, 1.54) is 33.4 Å². The molecule has 0 amide bonds. The van der Waals surface area contributed by atoms with Crippen LogP contribution in [0.5, 0.6) is 11.5 Å². The van der Waals surface area contributed by atoms with Gasteiger partial charge in [-0.1, -0.05) is 32.9 Å². The molecule has 2 aromatic heterocycles. The van der Waals surface area contributed by atoms with Gasteiger partial charge in [-0.25, -0.2) is 4.98 Å². The van der Waals surface area contributed by atoms with E-state index in [2.05, 4.69) is 94.3 Å². The molecule has 0 spiro atoms. The fourth-order valence-electron chi connectivity index (χ4n) is 5.24. The van der Waals surface area contributed by atoms with Gasteiger partial charge in [-0.2, -0.15) is 0 Å². The summed E-state index contributed by atoms with van der Waals surface area (Å²) in [6, 6.07) is 17.4. The van der Waals surface area contributed by atoms with Gasteiger partial charge >= 0.3 is 0 Å². The maximum absolute atomic E-state index is 9.64. The van der Waals surface area contributed by atoms with Crippen molar-refractivity contribution in [3.8, 4) is 11.5 Å². The molecular formula is C33H40N2O3Si. The Morgan fingerprint density at radius 3 is 2.41 bits per heavy atom. The maximum atomic E-state index is 9.64. The summed E-state index contributed by atoms with van der Waals surface area (Å²) in [4.78, 5) is 4.64. The molecule has 1 N–H and O–H groups in total. The highest BCUT2D eigenvalue weighted by Crippen LogP contribution is 2.43. The Kier molecular flexibility index (Phi) is 7.20. The van der Waals surface area contributed by atoms with E-state index in [1.54, 1.807) is 7.11 Å². The number of rotatable bonds is 6. The van der Waals surface area contributed by atoms with Crippen molar-refractivity contribution in [2.45, 2.75) is 71.7 Å². The predicted octanol–water partition coefficient (Wildman–Crippen LogP) is 7.82. The van der Waals surface area contributed by atoms with Gasteiger partial charge in [0, 0.05) is 12.4 Å². The summed E-state index contributed by atoms with van der Waals surface area (Å²) in [5.41, 5.74) is 10.2. The van der Waals surface area contributed by atoms with Crippen molar-refractivity contribution in [3.63, 3.8) is 0 Å². The number of benzene rings is 2. The number of aliphatic hydroxyl groups is 1. The number of imidazole rings is 1. The van der Waals surface area contributed by atoms with Crippen molar-refractivity contribution in [1.82, 2.24) is 9.38 Å². The Bertz CT molecular complexity index is 1560. The van der Waals surface area contributed by atoms with Crippen LogP contribution in [0.15, 0.2) is 60.9 Å². The van der Waals surface area contributed by atoms with Gasteiger partial charge in [-0.3, -0.25) is 0 Å². The molecule has 0 bridgehead atoms. The third-order valence-electron chi connectivity index (χ3n) is 8.42. The van der Waals surface area contributed by atoms with Gasteiger partial charge in [-0.05, 0) is 120 Å². The highest BCUT2D eigenvalue weighted by molar-refractivity contribution is 6.74. The molecule has 0 saturated heterocycles. The molecule has 0 saturated carbocycles. The molecule has 0 fully saturated rings. The van der Waals surface area contributed by atoms with Gasteiger partial charge in [-0.15, -0.1) is 0 Å². The number of fused-ring (bicyclic) bond motifs is 2. The minimum Gasteiger partial charge on any atom is -0.543 e. The molecule has 1 aliphatic carbocycles. The van der Waals surface area contributed by atoms with Crippen LogP contribution in [0.1, 0.15) is 67.1 Å². The molecule has 0 radical (unpaired) electrons. The summed E-state index contributed by atoms with van der Waals surface area (Å²) < 4.78 is 14.2. The Hall–Kier alpha value is -3.35. The van der Waals surface area contributed by atoms with Gasteiger partial charge < -0.3 is 18.7 Å². The average molecular weight is 541 g/mol. The number of ether oxygens (including phenoxy) is 1. The predicted molar refractivity (Wildman–Crippen MR) is 162 cm³/mol. The monoisotopic (exact) mass is 540 g/mol. The van der Waals surface area contributed by atoms with E-state index in [9.17, 15) is 5.11 Å². The molecule has 1 aliphatic rings. The smallest absolute Gasteiger partial charge is 0.250 e. The molecule has 5 nitrogen and oxygen atoms in total. The lowest BCUT2D eigenvalue weighted by molar-refractivity contribution is 0.277. The van der Waals surface area contributed by atoms with Crippen molar-refractivity contribution >= 4 is 25.1 Å². The van der Waals surface area contributed by atoms with Crippen molar-refractivity contribution in [1.29, 1.82) is 0 Å². The van der Waals surface area contributed by atoms with Gasteiger partial charge in [0.25, 0.3) is 0 Å². The second-order valence-corrected chi connectivity index (χ2v) is 16.9. The Morgan fingerprint density at radius 2 is 1.72 bits per heavy atom. The maximum Gasteiger partial charge on any atom is 0.250 e. The number of hydrogen-bond donors (Lipinski definition) is 1. The fourth-order valence-corrected chi connectivity index (χ4v) is 6.26. The number of aliphatic hydroxyl groups excluding tert-OH is 1. The molecule has 0 atom stereocenters. The number of aryl methyl sites for hydroxylation is 2. The van der Waals surface area contributed by atoms with Crippen LogP contribution >= 0.6 is 0 Å². The van der Waals surface area contributed by atoms with E-state index < -0.39 is 8.32 Å². The second-order valence-electron chi connectivity index (χ2n) is 12.1. The zero-order valence-electron chi connectivity index (χ0n) is 24.3. The summed E-state index contributed by atoms with van der Waals surface area (Å²) in [5, 5.41) is 9.78. The molecule has 39 heavy (non-hydrogen) atoms. The SMILES string of the molecule is COc1ccc(C2=C(c3ccn4cc(CO)nc4c3)c3ccc(O[Si](C)(C)C(C)(C)C)cc3CCC2)c(C)c1. The zero-order valence-corrected chi connectivity index (χ0v) is 25.3. The first-order valence-electron chi connectivity index (χ1n) is 13.8. The first-order chi connectivity index (χ1) is 18.5. The molecule has 2 heterocycles.